The van der Waals surface area contributed by atoms with Gasteiger partial charge in [-0.1, -0.05) is 6.92 Å². The number of hydrogen-bond donors (Lipinski definition) is 1. The molecule has 0 radical (unpaired) electrons. The van der Waals surface area contributed by atoms with Crippen LogP contribution < -0.4 is 5.32 Å². The van der Waals surface area contributed by atoms with E-state index in [1.54, 1.807) is 6.33 Å². The third-order valence-corrected chi connectivity index (χ3v) is 3.82. The third-order valence-electron chi connectivity index (χ3n) is 3.82. The number of piperidine rings is 1. The summed E-state index contributed by atoms with van der Waals surface area (Å²) in [5.74, 6) is 1.89. The molecule has 108 valence electrons. The van der Waals surface area contributed by atoms with Gasteiger partial charge in [0.1, 0.15) is 12.2 Å². The first-order chi connectivity index (χ1) is 9.33. The Morgan fingerprint density at radius 2 is 2.37 bits per heavy atom. The third kappa shape index (κ3) is 4.28. The Hall–Kier alpha value is -0.940. The minimum Gasteiger partial charge on any atom is -0.316 e. The second-order valence-corrected chi connectivity index (χ2v) is 5.44. The summed E-state index contributed by atoms with van der Waals surface area (Å²) in [5.41, 5.74) is 0. The molecule has 0 saturated carbocycles. The van der Waals surface area contributed by atoms with Crippen molar-refractivity contribution in [1.82, 2.24) is 25.0 Å². The predicted octanol–water partition coefficient (Wildman–Crippen LogP) is 1.51. The summed E-state index contributed by atoms with van der Waals surface area (Å²) < 4.78 is 2.00. The van der Waals surface area contributed by atoms with Crippen molar-refractivity contribution in [3.05, 3.63) is 12.2 Å². The molecule has 1 atom stereocenters. The van der Waals surface area contributed by atoms with Gasteiger partial charge < -0.3 is 5.32 Å². The maximum absolute atomic E-state index is 4.40. The molecule has 0 bridgehead atoms. The Labute approximate surface area is 116 Å². The van der Waals surface area contributed by atoms with Crippen molar-refractivity contribution in [3.63, 3.8) is 0 Å². The summed E-state index contributed by atoms with van der Waals surface area (Å²) in [4.78, 5) is 6.93. The van der Waals surface area contributed by atoms with Crippen molar-refractivity contribution in [1.29, 1.82) is 0 Å². The molecule has 1 N–H and O–H groups in total. The molecule has 1 unspecified atom stereocenters. The van der Waals surface area contributed by atoms with E-state index in [1.807, 2.05) is 4.68 Å². The normalized spacial score (nSPS) is 20.1. The van der Waals surface area contributed by atoms with Crippen LogP contribution in [0.5, 0.6) is 0 Å². The fraction of sp³-hybridized carbons (Fsp3) is 0.857. The SMILES string of the molecule is CCCN(Cc1ncnn1CC)CC1CCCNC1. The van der Waals surface area contributed by atoms with Gasteiger partial charge in [0.05, 0.1) is 6.54 Å². The lowest BCUT2D eigenvalue weighted by Gasteiger charge is -2.29. The summed E-state index contributed by atoms with van der Waals surface area (Å²) in [5, 5.41) is 7.77. The number of rotatable bonds is 7. The molecular weight excluding hydrogens is 238 g/mol. The number of aromatic nitrogens is 3. The minimum absolute atomic E-state index is 0.790. The Balaban J connectivity index is 1.91. The number of hydrogen-bond acceptors (Lipinski definition) is 4. The van der Waals surface area contributed by atoms with Gasteiger partial charge in [-0.05, 0) is 51.7 Å². The zero-order valence-corrected chi connectivity index (χ0v) is 12.3. The average molecular weight is 265 g/mol. The number of nitrogens with zero attached hydrogens (tertiary/aromatic N) is 4. The van der Waals surface area contributed by atoms with Crippen molar-refractivity contribution in [3.8, 4) is 0 Å². The molecule has 19 heavy (non-hydrogen) atoms. The highest BCUT2D eigenvalue weighted by molar-refractivity contribution is 4.85. The van der Waals surface area contributed by atoms with Crippen LogP contribution in [0.2, 0.25) is 0 Å². The van der Waals surface area contributed by atoms with Gasteiger partial charge >= 0.3 is 0 Å². The molecule has 1 aliphatic heterocycles. The highest BCUT2D eigenvalue weighted by Gasteiger charge is 2.18. The second-order valence-electron chi connectivity index (χ2n) is 5.44. The largest absolute Gasteiger partial charge is 0.316 e. The van der Waals surface area contributed by atoms with Gasteiger partial charge in [0, 0.05) is 13.1 Å². The standard InChI is InChI=1S/C14H27N5/c1-3-8-18(10-13-6-5-7-15-9-13)11-14-16-12-17-19(14)4-2/h12-13,15H,3-11H2,1-2H3. The maximum atomic E-state index is 4.40. The van der Waals surface area contributed by atoms with Crippen LogP contribution in [-0.4, -0.2) is 45.8 Å². The summed E-state index contributed by atoms with van der Waals surface area (Å²) in [6.45, 7) is 10.9. The van der Waals surface area contributed by atoms with E-state index in [0.29, 0.717) is 0 Å². The Kier molecular flexibility index (Phi) is 5.79. The minimum atomic E-state index is 0.790. The summed E-state index contributed by atoms with van der Waals surface area (Å²) in [6.07, 6.45) is 5.54. The van der Waals surface area contributed by atoms with E-state index in [-0.39, 0.29) is 0 Å². The zero-order chi connectivity index (χ0) is 13.5. The first-order valence-electron chi connectivity index (χ1n) is 7.63. The van der Waals surface area contributed by atoms with Crippen LogP contribution in [0, 0.1) is 5.92 Å². The van der Waals surface area contributed by atoms with Gasteiger partial charge in [-0.2, -0.15) is 5.10 Å². The monoisotopic (exact) mass is 265 g/mol. The van der Waals surface area contributed by atoms with Crippen molar-refractivity contribution in [2.75, 3.05) is 26.2 Å². The molecule has 5 nitrogen and oxygen atoms in total. The molecule has 1 saturated heterocycles. The number of aryl methyl sites for hydroxylation is 1. The van der Waals surface area contributed by atoms with Crippen LogP contribution in [0.1, 0.15) is 38.9 Å². The number of nitrogens with one attached hydrogen (secondary N) is 1. The second kappa shape index (κ2) is 7.60. The summed E-state index contributed by atoms with van der Waals surface area (Å²) in [7, 11) is 0. The van der Waals surface area contributed by atoms with E-state index in [4.69, 9.17) is 0 Å². The van der Waals surface area contributed by atoms with Crippen LogP contribution in [-0.2, 0) is 13.1 Å². The van der Waals surface area contributed by atoms with Crippen molar-refractivity contribution < 1.29 is 0 Å². The van der Waals surface area contributed by atoms with E-state index in [0.717, 1.165) is 31.4 Å². The lowest BCUT2D eigenvalue weighted by atomic mass is 9.99. The topological polar surface area (TPSA) is 46.0 Å². The zero-order valence-electron chi connectivity index (χ0n) is 12.3. The van der Waals surface area contributed by atoms with Gasteiger partial charge in [0.15, 0.2) is 0 Å². The molecule has 1 aromatic rings. The molecule has 0 aromatic carbocycles. The highest BCUT2D eigenvalue weighted by Crippen LogP contribution is 2.13. The van der Waals surface area contributed by atoms with Crippen molar-refractivity contribution in [2.24, 2.45) is 5.92 Å². The lowest BCUT2D eigenvalue weighted by molar-refractivity contribution is 0.195. The smallest absolute Gasteiger partial charge is 0.140 e. The Morgan fingerprint density at radius 3 is 3.05 bits per heavy atom. The molecule has 0 spiro atoms. The molecule has 2 heterocycles. The molecule has 1 fully saturated rings. The fourth-order valence-electron chi connectivity index (χ4n) is 2.87. The Bertz CT molecular complexity index is 356. The lowest BCUT2D eigenvalue weighted by Crippen LogP contribution is -2.38. The highest BCUT2D eigenvalue weighted by atomic mass is 15.3. The first-order valence-corrected chi connectivity index (χ1v) is 7.63. The maximum Gasteiger partial charge on any atom is 0.140 e. The van der Waals surface area contributed by atoms with Gasteiger partial charge in [0.25, 0.3) is 0 Å². The molecular formula is C14H27N5. The Morgan fingerprint density at radius 1 is 1.47 bits per heavy atom. The molecule has 2 rings (SSSR count). The molecule has 0 amide bonds. The van der Waals surface area contributed by atoms with E-state index < -0.39 is 0 Å². The van der Waals surface area contributed by atoms with Gasteiger partial charge in [0.2, 0.25) is 0 Å². The fourth-order valence-corrected chi connectivity index (χ4v) is 2.87. The van der Waals surface area contributed by atoms with Gasteiger partial charge in [-0.15, -0.1) is 0 Å². The van der Waals surface area contributed by atoms with Crippen molar-refractivity contribution >= 4 is 0 Å². The van der Waals surface area contributed by atoms with Crippen molar-refractivity contribution in [2.45, 2.75) is 46.2 Å². The van der Waals surface area contributed by atoms with Gasteiger partial charge in [-0.25, -0.2) is 9.67 Å². The van der Waals surface area contributed by atoms with Crippen LogP contribution in [0.15, 0.2) is 6.33 Å². The molecule has 5 heteroatoms. The summed E-state index contributed by atoms with van der Waals surface area (Å²) >= 11 is 0. The van der Waals surface area contributed by atoms with Crippen LogP contribution >= 0.6 is 0 Å². The van der Waals surface area contributed by atoms with E-state index in [1.165, 1.54) is 38.9 Å². The molecule has 0 aliphatic carbocycles. The quantitative estimate of drug-likeness (QED) is 0.812. The predicted molar refractivity (Wildman–Crippen MR) is 76.9 cm³/mol. The molecule has 1 aromatic heterocycles. The van der Waals surface area contributed by atoms with E-state index in [2.05, 4.69) is 34.1 Å². The van der Waals surface area contributed by atoms with Gasteiger partial charge in [-0.3, -0.25) is 4.90 Å². The molecule has 1 aliphatic rings. The first kappa shape index (κ1) is 14.5. The van der Waals surface area contributed by atoms with E-state index >= 15 is 0 Å². The summed E-state index contributed by atoms with van der Waals surface area (Å²) in [6, 6.07) is 0. The van der Waals surface area contributed by atoms with Crippen LogP contribution in [0.4, 0.5) is 0 Å². The average Bonchev–Trinajstić information content (AvgIpc) is 2.87. The van der Waals surface area contributed by atoms with E-state index in [9.17, 15) is 0 Å². The van der Waals surface area contributed by atoms with Crippen LogP contribution in [0.25, 0.3) is 0 Å². The van der Waals surface area contributed by atoms with Crippen LogP contribution in [0.3, 0.4) is 0 Å².